The number of carbonyl (C=O) groups excluding carboxylic acids is 1. The molecule has 0 radical (unpaired) electrons. The molecule has 0 aromatic heterocycles. The van der Waals surface area contributed by atoms with Gasteiger partial charge in [0.1, 0.15) is 6.29 Å². The summed E-state index contributed by atoms with van der Waals surface area (Å²) in [6.45, 7) is 4.82. The summed E-state index contributed by atoms with van der Waals surface area (Å²) >= 11 is 0. The molecule has 3 nitrogen and oxygen atoms in total. The third-order valence-electron chi connectivity index (χ3n) is 1.75. The number of hydrogen-bond acceptors (Lipinski definition) is 3. The molecule has 0 spiro atoms. The van der Waals surface area contributed by atoms with Crippen LogP contribution in [0.5, 0.6) is 0 Å². The van der Waals surface area contributed by atoms with Crippen molar-refractivity contribution in [1.82, 2.24) is 5.32 Å². The van der Waals surface area contributed by atoms with Crippen molar-refractivity contribution in [3.05, 3.63) is 0 Å². The molecule has 0 unspecified atom stereocenters. The molecule has 11 heavy (non-hydrogen) atoms. The lowest BCUT2D eigenvalue weighted by Gasteiger charge is -2.13. The molecular formula is C8H15NO2. The lowest BCUT2D eigenvalue weighted by molar-refractivity contribution is -0.109. The topological polar surface area (TPSA) is 38.3 Å². The lowest BCUT2D eigenvalue weighted by Crippen LogP contribution is -2.23. The number of aldehydes is 1. The fraction of sp³-hybridized carbons (Fsp3) is 0.875. The van der Waals surface area contributed by atoms with Crippen LogP contribution >= 0.6 is 0 Å². The van der Waals surface area contributed by atoms with Crippen molar-refractivity contribution in [2.75, 3.05) is 6.54 Å². The Morgan fingerprint density at radius 3 is 2.82 bits per heavy atom. The molecule has 1 N–H and O–H groups in total. The highest BCUT2D eigenvalue weighted by atomic mass is 16.5. The summed E-state index contributed by atoms with van der Waals surface area (Å²) in [5, 5.41) is 3.07. The van der Waals surface area contributed by atoms with Gasteiger partial charge in [-0.15, -0.1) is 0 Å². The van der Waals surface area contributed by atoms with Gasteiger partial charge in [-0.25, -0.2) is 0 Å². The van der Waals surface area contributed by atoms with E-state index in [1.54, 1.807) is 0 Å². The second-order valence-corrected chi connectivity index (χ2v) is 3.19. The summed E-state index contributed by atoms with van der Waals surface area (Å²) in [7, 11) is 0. The number of hydrogen-bond donors (Lipinski definition) is 1. The van der Waals surface area contributed by atoms with Crippen LogP contribution < -0.4 is 5.32 Å². The minimum absolute atomic E-state index is 0.0127. The van der Waals surface area contributed by atoms with Crippen LogP contribution in [-0.4, -0.2) is 31.1 Å². The predicted octanol–water partition coefficient (Wildman–Crippen LogP) is 0.341. The summed E-state index contributed by atoms with van der Waals surface area (Å²) in [5.41, 5.74) is 0. The van der Waals surface area contributed by atoms with Gasteiger partial charge in [0, 0.05) is 6.54 Å². The Morgan fingerprint density at radius 1 is 1.64 bits per heavy atom. The van der Waals surface area contributed by atoms with Gasteiger partial charge >= 0.3 is 0 Å². The molecule has 0 aromatic rings. The minimum Gasteiger partial charge on any atom is -0.374 e. The van der Waals surface area contributed by atoms with Gasteiger partial charge in [0.15, 0.2) is 0 Å². The Balaban J connectivity index is 2.24. The Bertz CT molecular complexity index is 136. The van der Waals surface area contributed by atoms with E-state index in [-0.39, 0.29) is 18.2 Å². The maximum absolute atomic E-state index is 10.3. The smallest absolute Gasteiger partial charge is 0.136 e. The highest BCUT2D eigenvalue weighted by Crippen LogP contribution is 2.10. The van der Waals surface area contributed by atoms with Gasteiger partial charge < -0.3 is 14.8 Å². The largest absolute Gasteiger partial charge is 0.374 e. The number of ether oxygens (including phenoxy) is 1. The van der Waals surface area contributed by atoms with Crippen molar-refractivity contribution in [1.29, 1.82) is 0 Å². The Labute approximate surface area is 67.1 Å². The van der Waals surface area contributed by atoms with Crippen molar-refractivity contribution >= 4 is 6.29 Å². The minimum atomic E-state index is 0.0127. The fourth-order valence-electron chi connectivity index (χ4n) is 1.32. The van der Waals surface area contributed by atoms with Crippen molar-refractivity contribution < 1.29 is 9.53 Å². The first kappa shape index (κ1) is 8.68. The van der Waals surface area contributed by atoms with Gasteiger partial charge in [-0.05, 0) is 20.3 Å². The van der Waals surface area contributed by atoms with Gasteiger partial charge in [0.2, 0.25) is 0 Å². The van der Waals surface area contributed by atoms with Crippen molar-refractivity contribution in [3.63, 3.8) is 0 Å². The van der Waals surface area contributed by atoms with Crippen LogP contribution in [0.15, 0.2) is 0 Å². The average molecular weight is 157 g/mol. The Hall–Kier alpha value is -0.410. The van der Waals surface area contributed by atoms with Crippen molar-refractivity contribution in [2.24, 2.45) is 0 Å². The molecule has 0 aliphatic carbocycles. The summed E-state index contributed by atoms with van der Waals surface area (Å²) in [4.78, 5) is 10.3. The quantitative estimate of drug-likeness (QED) is 0.600. The average Bonchev–Trinajstić information content (AvgIpc) is 2.34. The van der Waals surface area contributed by atoms with Crippen LogP contribution in [0.4, 0.5) is 0 Å². The van der Waals surface area contributed by atoms with Crippen LogP contribution in [0.3, 0.4) is 0 Å². The molecule has 0 aromatic carbocycles. The zero-order valence-corrected chi connectivity index (χ0v) is 7.04. The zero-order valence-electron chi connectivity index (χ0n) is 7.04. The second-order valence-electron chi connectivity index (χ2n) is 3.19. The Morgan fingerprint density at radius 2 is 2.36 bits per heavy atom. The van der Waals surface area contributed by atoms with Crippen LogP contribution in [-0.2, 0) is 9.53 Å². The monoisotopic (exact) mass is 157 g/mol. The van der Waals surface area contributed by atoms with E-state index in [9.17, 15) is 4.79 Å². The summed E-state index contributed by atoms with van der Waals surface area (Å²) < 4.78 is 5.52. The molecule has 64 valence electrons. The van der Waals surface area contributed by atoms with E-state index in [0.29, 0.717) is 0 Å². The highest BCUT2D eigenvalue weighted by molar-refractivity contribution is 5.58. The number of nitrogens with one attached hydrogen (secondary N) is 1. The van der Waals surface area contributed by atoms with Crippen LogP contribution in [0, 0.1) is 0 Å². The SMILES string of the molecule is CC(C)O[C@H]1CN[C@H](C=O)C1. The van der Waals surface area contributed by atoms with Gasteiger partial charge in [0.25, 0.3) is 0 Å². The van der Waals surface area contributed by atoms with E-state index in [2.05, 4.69) is 5.32 Å². The summed E-state index contributed by atoms with van der Waals surface area (Å²) in [5.74, 6) is 0. The third-order valence-corrected chi connectivity index (χ3v) is 1.75. The second kappa shape index (κ2) is 3.83. The molecule has 1 aliphatic rings. The predicted molar refractivity (Wildman–Crippen MR) is 42.5 cm³/mol. The molecule has 2 atom stereocenters. The van der Waals surface area contributed by atoms with Gasteiger partial charge in [-0.1, -0.05) is 0 Å². The van der Waals surface area contributed by atoms with Gasteiger partial charge in [-0.3, -0.25) is 0 Å². The molecule has 1 rings (SSSR count). The lowest BCUT2D eigenvalue weighted by atomic mass is 10.2. The van der Waals surface area contributed by atoms with E-state index in [1.807, 2.05) is 13.8 Å². The zero-order chi connectivity index (χ0) is 8.27. The molecule has 1 fully saturated rings. The first-order chi connectivity index (χ1) is 5.22. The third kappa shape index (κ3) is 2.60. The molecule has 0 amide bonds. The maximum atomic E-state index is 10.3. The number of rotatable bonds is 3. The number of carbonyl (C=O) groups is 1. The molecule has 0 bridgehead atoms. The van der Waals surface area contributed by atoms with Crippen LogP contribution in [0.25, 0.3) is 0 Å². The van der Waals surface area contributed by atoms with Gasteiger partial charge in [0.05, 0.1) is 18.2 Å². The van der Waals surface area contributed by atoms with E-state index in [0.717, 1.165) is 19.3 Å². The van der Waals surface area contributed by atoms with Crippen LogP contribution in [0.2, 0.25) is 0 Å². The Kier molecular flexibility index (Phi) is 3.02. The standard InChI is InChI=1S/C8H15NO2/c1-6(2)11-8-3-7(5-10)9-4-8/h5-9H,3-4H2,1-2H3/t7-,8+/m0/s1. The molecule has 3 heteroatoms. The van der Waals surface area contributed by atoms with Crippen LogP contribution in [0.1, 0.15) is 20.3 Å². The van der Waals surface area contributed by atoms with Crippen molar-refractivity contribution in [3.8, 4) is 0 Å². The highest BCUT2D eigenvalue weighted by Gasteiger charge is 2.24. The van der Waals surface area contributed by atoms with Gasteiger partial charge in [-0.2, -0.15) is 0 Å². The first-order valence-electron chi connectivity index (χ1n) is 4.06. The normalized spacial score (nSPS) is 31.2. The first-order valence-corrected chi connectivity index (χ1v) is 4.06. The van der Waals surface area contributed by atoms with E-state index in [4.69, 9.17) is 4.74 Å². The van der Waals surface area contributed by atoms with Crippen molar-refractivity contribution in [2.45, 2.75) is 38.5 Å². The van der Waals surface area contributed by atoms with E-state index < -0.39 is 0 Å². The fourth-order valence-corrected chi connectivity index (χ4v) is 1.32. The molecule has 0 saturated carbocycles. The maximum Gasteiger partial charge on any atom is 0.136 e. The van der Waals surface area contributed by atoms with E-state index >= 15 is 0 Å². The molecule has 1 heterocycles. The molecule has 1 saturated heterocycles. The molecule has 1 aliphatic heterocycles. The summed E-state index contributed by atoms with van der Waals surface area (Å²) in [6.07, 6.45) is 2.25. The van der Waals surface area contributed by atoms with E-state index in [1.165, 1.54) is 0 Å². The molecular weight excluding hydrogens is 142 g/mol. The summed E-state index contributed by atoms with van der Waals surface area (Å²) in [6, 6.07) is 0.0127.